The van der Waals surface area contributed by atoms with Crippen molar-refractivity contribution in [1.82, 2.24) is 0 Å². The fourth-order valence-corrected chi connectivity index (χ4v) is 3.04. The second kappa shape index (κ2) is 4.75. The van der Waals surface area contributed by atoms with Gasteiger partial charge in [0.2, 0.25) is 0 Å². The number of hydrogen-bond acceptors (Lipinski definition) is 3. The first kappa shape index (κ1) is 11.6. The highest BCUT2D eigenvalue weighted by Gasteiger charge is 2.22. The van der Waals surface area contributed by atoms with Crippen LogP contribution in [-0.4, -0.2) is 19.8 Å². The lowest BCUT2D eigenvalue weighted by atomic mass is 9.93. The van der Waals surface area contributed by atoms with E-state index >= 15 is 0 Å². The largest absolute Gasteiger partial charge is 0.486 e. The summed E-state index contributed by atoms with van der Waals surface area (Å²) >= 11 is 0. The molecule has 0 radical (unpaired) electrons. The second-order valence-corrected chi connectivity index (χ2v) is 5.35. The van der Waals surface area contributed by atoms with Crippen molar-refractivity contribution in [2.45, 2.75) is 12.3 Å². The number of rotatable bonds is 2. The molecule has 3 nitrogen and oxygen atoms in total. The van der Waals surface area contributed by atoms with Gasteiger partial charge in [-0.05, 0) is 35.7 Å². The van der Waals surface area contributed by atoms with Gasteiger partial charge in [-0.3, -0.25) is 0 Å². The maximum Gasteiger partial charge on any atom is 0.161 e. The van der Waals surface area contributed by atoms with Crippen LogP contribution in [0.2, 0.25) is 0 Å². The van der Waals surface area contributed by atoms with E-state index in [1.54, 1.807) is 0 Å². The van der Waals surface area contributed by atoms with Crippen LogP contribution < -0.4 is 14.8 Å². The monoisotopic (exact) mass is 267 g/mol. The van der Waals surface area contributed by atoms with Gasteiger partial charge < -0.3 is 14.8 Å². The predicted octanol–water partition coefficient (Wildman–Crippen LogP) is 3.21. The third-order valence-electron chi connectivity index (χ3n) is 4.03. The predicted molar refractivity (Wildman–Crippen MR) is 78.8 cm³/mol. The lowest BCUT2D eigenvalue weighted by Gasteiger charge is -2.19. The number of ether oxygens (including phenoxy) is 2. The first-order chi connectivity index (χ1) is 9.90. The summed E-state index contributed by atoms with van der Waals surface area (Å²) in [6, 6.07) is 14.9. The highest BCUT2D eigenvalue weighted by atomic mass is 16.6. The maximum absolute atomic E-state index is 5.66. The molecule has 0 bridgehead atoms. The molecule has 1 N–H and O–H groups in total. The fourth-order valence-electron chi connectivity index (χ4n) is 3.04. The molecule has 0 aromatic heterocycles. The summed E-state index contributed by atoms with van der Waals surface area (Å²) in [4.78, 5) is 0. The van der Waals surface area contributed by atoms with Crippen LogP contribution in [-0.2, 0) is 6.42 Å². The number of nitrogens with one attached hydrogen (secondary N) is 1. The van der Waals surface area contributed by atoms with E-state index in [1.807, 2.05) is 6.07 Å². The highest BCUT2D eigenvalue weighted by molar-refractivity contribution is 5.58. The van der Waals surface area contributed by atoms with E-state index in [9.17, 15) is 0 Å². The molecule has 0 saturated heterocycles. The van der Waals surface area contributed by atoms with E-state index < -0.39 is 0 Å². The van der Waals surface area contributed by atoms with E-state index in [0.29, 0.717) is 19.1 Å². The Balaban J connectivity index is 1.58. The Labute approximate surface area is 118 Å². The molecule has 2 aliphatic heterocycles. The average molecular weight is 267 g/mol. The normalized spacial score (nSPS) is 19.3. The van der Waals surface area contributed by atoms with Crippen molar-refractivity contribution >= 4 is 5.69 Å². The van der Waals surface area contributed by atoms with Crippen molar-refractivity contribution in [3.63, 3.8) is 0 Å². The van der Waals surface area contributed by atoms with Gasteiger partial charge in [-0.25, -0.2) is 0 Å². The third-order valence-corrected chi connectivity index (χ3v) is 4.03. The minimum absolute atomic E-state index is 0.536. The van der Waals surface area contributed by atoms with Crippen LogP contribution in [0.15, 0.2) is 42.5 Å². The molecule has 0 saturated carbocycles. The van der Waals surface area contributed by atoms with Crippen molar-refractivity contribution in [3.05, 3.63) is 53.6 Å². The number of hydrogen-bond donors (Lipinski definition) is 1. The van der Waals surface area contributed by atoms with Crippen LogP contribution in [0.3, 0.4) is 0 Å². The summed E-state index contributed by atoms with van der Waals surface area (Å²) in [5, 5.41) is 3.48. The number of para-hydroxylation sites is 1. The molecule has 20 heavy (non-hydrogen) atoms. The Morgan fingerprint density at radius 2 is 1.85 bits per heavy atom. The van der Waals surface area contributed by atoms with Gasteiger partial charge in [0.05, 0.1) is 0 Å². The molecule has 1 atom stereocenters. The van der Waals surface area contributed by atoms with Crippen molar-refractivity contribution in [3.8, 4) is 11.5 Å². The lowest BCUT2D eigenvalue weighted by molar-refractivity contribution is 0.171. The molecule has 2 aliphatic rings. The molecule has 0 fully saturated rings. The summed E-state index contributed by atoms with van der Waals surface area (Å²) in [7, 11) is 0. The van der Waals surface area contributed by atoms with Crippen LogP contribution in [0.4, 0.5) is 5.69 Å². The Hall–Kier alpha value is -2.16. The summed E-state index contributed by atoms with van der Waals surface area (Å²) in [5.74, 6) is 2.28. The first-order valence-corrected chi connectivity index (χ1v) is 7.11. The Kier molecular flexibility index (Phi) is 2.76. The van der Waals surface area contributed by atoms with Gasteiger partial charge in [0.25, 0.3) is 0 Å². The van der Waals surface area contributed by atoms with E-state index in [-0.39, 0.29) is 0 Å². The van der Waals surface area contributed by atoms with E-state index in [0.717, 1.165) is 24.5 Å². The molecule has 2 heterocycles. The number of benzene rings is 2. The molecular weight excluding hydrogens is 250 g/mol. The molecule has 1 unspecified atom stereocenters. The first-order valence-electron chi connectivity index (χ1n) is 7.11. The Morgan fingerprint density at radius 1 is 1.00 bits per heavy atom. The molecule has 2 aromatic rings. The van der Waals surface area contributed by atoms with Gasteiger partial charge in [-0.1, -0.05) is 24.3 Å². The minimum Gasteiger partial charge on any atom is -0.486 e. The van der Waals surface area contributed by atoms with Crippen LogP contribution in [0.1, 0.15) is 17.0 Å². The quantitative estimate of drug-likeness (QED) is 0.906. The van der Waals surface area contributed by atoms with E-state index in [1.165, 1.54) is 16.8 Å². The molecule has 102 valence electrons. The van der Waals surface area contributed by atoms with Crippen LogP contribution >= 0.6 is 0 Å². The smallest absolute Gasteiger partial charge is 0.161 e. The topological polar surface area (TPSA) is 30.5 Å². The molecule has 4 rings (SSSR count). The van der Waals surface area contributed by atoms with Gasteiger partial charge in [-0.2, -0.15) is 0 Å². The second-order valence-electron chi connectivity index (χ2n) is 5.35. The minimum atomic E-state index is 0.536. The number of anilines is 1. The van der Waals surface area contributed by atoms with Gasteiger partial charge in [0.15, 0.2) is 11.5 Å². The van der Waals surface area contributed by atoms with E-state index in [2.05, 4.69) is 41.7 Å². The Bertz CT molecular complexity index is 639. The summed E-state index contributed by atoms with van der Waals surface area (Å²) in [6.45, 7) is 2.30. The molecule has 2 aromatic carbocycles. The zero-order valence-electron chi connectivity index (χ0n) is 11.3. The van der Waals surface area contributed by atoms with Crippen molar-refractivity contribution in [1.29, 1.82) is 0 Å². The number of fused-ring (bicyclic) bond motifs is 2. The zero-order valence-corrected chi connectivity index (χ0v) is 11.3. The van der Waals surface area contributed by atoms with Gasteiger partial charge in [-0.15, -0.1) is 0 Å². The summed E-state index contributed by atoms with van der Waals surface area (Å²) in [6.07, 6.45) is 1.03. The van der Waals surface area contributed by atoms with Crippen molar-refractivity contribution in [2.75, 3.05) is 25.1 Å². The molecule has 0 amide bonds. The van der Waals surface area contributed by atoms with Crippen LogP contribution in [0.5, 0.6) is 11.5 Å². The standard InChI is InChI=1S/C17H17NO2/c1-2-4-15-14(3-1)13(11-18-15)9-12-5-6-16-17(10-12)20-8-7-19-16/h1-6,10,13,18H,7-9,11H2. The molecular formula is C17H17NO2. The van der Waals surface area contributed by atoms with Gasteiger partial charge >= 0.3 is 0 Å². The van der Waals surface area contributed by atoms with Gasteiger partial charge in [0.1, 0.15) is 13.2 Å². The Morgan fingerprint density at radius 3 is 2.80 bits per heavy atom. The lowest BCUT2D eigenvalue weighted by Crippen LogP contribution is -2.15. The van der Waals surface area contributed by atoms with Crippen LogP contribution in [0, 0.1) is 0 Å². The average Bonchev–Trinajstić information content (AvgIpc) is 2.91. The van der Waals surface area contributed by atoms with E-state index in [4.69, 9.17) is 9.47 Å². The summed E-state index contributed by atoms with van der Waals surface area (Å²) in [5.41, 5.74) is 4.00. The summed E-state index contributed by atoms with van der Waals surface area (Å²) < 4.78 is 11.2. The SMILES string of the molecule is c1ccc2c(c1)NCC2Cc1ccc2c(c1)OCCO2. The van der Waals surface area contributed by atoms with Gasteiger partial charge in [0, 0.05) is 18.2 Å². The van der Waals surface area contributed by atoms with Crippen LogP contribution in [0.25, 0.3) is 0 Å². The third kappa shape index (κ3) is 1.99. The highest BCUT2D eigenvalue weighted by Crippen LogP contribution is 2.36. The molecule has 0 spiro atoms. The molecule has 3 heteroatoms. The van der Waals surface area contributed by atoms with Crippen molar-refractivity contribution in [2.24, 2.45) is 0 Å². The fraction of sp³-hybridized carbons (Fsp3) is 0.294. The maximum atomic E-state index is 5.66. The molecule has 0 aliphatic carbocycles. The zero-order chi connectivity index (χ0) is 13.4. The van der Waals surface area contributed by atoms with Crippen molar-refractivity contribution < 1.29 is 9.47 Å².